The van der Waals surface area contributed by atoms with Crippen molar-refractivity contribution in [3.05, 3.63) is 35.6 Å². The fourth-order valence-corrected chi connectivity index (χ4v) is 3.08. The van der Waals surface area contributed by atoms with Crippen LogP contribution in [0.15, 0.2) is 35.6 Å². The Hall–Kier alpha value is -2.04. The molecule has 26 heavy (non-hydrogen) atoms. The van der Waals surface area contributed by atoms with Crippen molar-refractivity contribution in [3.8, 4) is 0 Å². The van der Waals surface area contributed by atoms with Crippen LogP contribution >= 0.6 is 0 Å². The van der Waals surface area contributed by atoms with E-state index in [1.54, 1.807) is 0 Å². The number of carbonyl (C=O) groups is 2. The van der Waals surface area contributed by atoms with Gasteiger partial charge in [0.05, 0.1) is 0 Å². The molecule has 0 radical (unpaired) electrons. The smallest absolute Gasteiger partial charge is 0.326 e. The fourth-order valence-electron chi connectivity index (χ4n) is 3.08. The van der Waals surface area contributed by atoms with E-state index in [0.717, 1.165) is 57.2 Å². The average Bonchev–Trinajstić information content (AvgIpc) is 2.58. The van der Waals surface area contributed by atoms with Gasteiger partial charge < -0.3 is 15.7 Å². The molecule has 146 valence electrons. The van der Waals surface area contributed by atoms with E-state index in [0.29, 0.717) is 6.42 Å². The van der Waals surface area contributed by atoms with Crippen molar-refractivity contribution < 1.29 is 14.7 Å². The monoisotopic (exact) mass is 362 g/mol. The lowest BCUT2D eigenvalue weighted by Crippen LogP contribution is -2.39. The average molecular weight is 363 g/mol. The van der Waals surface area contributed by atoms with Gasteiger partial charge in [-0.2, -0.15) is 0 Å². The highest BCUT2D eigenvalue weighted by atomic mass is 16.4. The van der Waals surface area contributed by atoms with Gasteiger partial charge in [-0.25, -0.2) is 4.79 Å². The van der Waals surface area contributed by atoms with E-state index in [-0.39, 0.29) is 5.91 Å². The maximum atomic E-state index is 11.0. The minimum absolute atomic E-state index is 0.290. The van der Waals surface area contributed by atoms with Gasteiger partial charge in [0.2, 0.25) is 5.91 Å². The van der Waals surface area contributed by atoms with E-state index in [4.69, 9.17) is 5.11 Å². The number of aliphatic carboxylic acids is 1. The van der Waals surface area contributed by atoms with Gasteiger partial charge in [0.1, 0.15) is 6.04 Å². The number of rotatable bonds is 11. The largest absolute Gasteiger partial charge is 0.480 e. The van der Waals surface area contributed by atoms with Crippen LogP contribution < -0.4 is 10.6 Å². The zero-order valence-corrected chi connectivity index (χ0v) is 16.3. The zero-order valence-electron chi connectivity index (χ0n) is 16.3. The van der Waals surface area contributed by atoms with Crippen molar-refractivity contribution in [2.24, 2.45) is 0 Å². The minimum atomic E-state index is -0.953. The third-order valence-electron chi connectivity index (χ3n) is 4.66. The molecule has 0 aromatic rings. The predicted octanol–water partition coefficient (Wildman–Crippen LogP) is 4.08. The maximum absolute atomic E-state index is 11.0. The van der Waals surface area contributed by atoms with Gasteiger partial charge in [-0.3, -0.25) is 4.79 Å². The number of carbonyl (C=O) groups excluding carboxylic acids is 1. The molecule has 5 nitrogen and oxygen atoms in total. The molecule has 0 aliphatic carbocycles. The van der Waals surface area contributed by atoms with E-state index < -0.39 is 12.0 Å². The summed E-state index contributed by atoms with van der Waals surface area (Å²) < 4.78 is 0. The normalized spacial score (nSPS) is 17.7. The number of hydrogen-bond acceptors (Lipinski definition) is 3. The summed E-state index contributed by atoms with van der Waals surface area (Å²) in [7, 11) is 0. The zero-order chi connectivity index (χ0) is 19.4. The third-order valence-corrected chi connectivity index (χ3v) is 4.66. The minimum Gasteiger partial charge on any atom is -0.480 e. The predicted molar refractivity (Wildman–Crippen MR) is 106 cm³/mol. The molecule has 1 heterocycles. The lowest BCUT2D eigenvalue weighted by molar-refractivity contribution is -0.141. The Morgan fingerprint density at radius 3 is 2.58 bits per heavy atom. The summed E-state index contributed by atoms with van der Waals surface area (Å²) in [6.45, 7) is 8.59. The first-order chi connectivity index (χ1) is 12.4. The van der Waals surface area contributed by atoms with Crippen molar-refractivity contribution >= 4 is 11.9 Å². The number of carboxylic acids is 1. The van der Waals surface area contributed by atoms with Crippen LogP contribution in [0.25, 0.3) is 0 Å². The number of allylic oxidation sites excluding steroid dienone is 4. The fraction of sp³-hybridized carbons (Fsp3) is 0.619. The van der Waals surface area contributed by atoms with E-state index in [9.17, 15) is 9.59 Å². The van der Waals surface area contributed by atoms with Crippen LogP contribution in [-0.2, 0) is 9.59 Å². The Balaban J connectivity index is 2.15. The highest BCUT2D eigenvalue weighted by molar-refractivity contribution is 5.81. The van der Waals surface area contributed by atoms with E-state index in [1.165, 1.54) is 24.5 Å². The van der Waals surface area contributed by atoms with Crippen molar-refractivity contribution in [2.45, 2.75) is 77.7 Å². The first-order valence-electron chi connectivity index (χ1n) is 9.69. The molecule has 0 aromatic carbocycles. The molecule has 3 N–H and O–H groups in total. The van der Waals surface area contributed by atoms with Crippen molar-refractivity contribution in [3.63, 3.8) is 0 Å². The maximum Gasteiger partial charge on any atom is 0.326 e. The summed E-state index contributed by atoms with van der Waals surface area (Å²) in [5, 5.41) is 14.8. The van der Waals surface area contributed by atoms with Gasteiger partial charge in [0, 0.05) is 19.2 Å². The van der Waals surface area contributed by atoms with Gasteiger partial charge in [0.15, 0.2) is 0 Å². The highest BCUT2D eigenvalue weighted by Crippen LogP contribution is 2.18. The molecule has 1 atom stereocenters. The second kappa shape index (κ2) is 12.3. The SMILES string of the molecule is C=C1NCCC/C1=C/C=C(\C)CCCCCCCC(NC(C)=O)C(=O)O. The van der Waals surface area contributed by atoms with Gasteiger partial charge in [-0.1, -0.05) is 50.0 Å². The molecule has 0 bridgehead atoms. The third kappa shape index (κ3) is 9.44. The van der Waals surface area contributed by atoms with Crippen molar-refractivity contribution in [1.82, 2.24) is 10.6 Å². The second-order valence-corrected chi connectivity index (χ2v) is 7.11. The molecule has 5 heteroatoms. The Morgan fingerprint density at radius 1 is 1.23 bits per heavy atom. The molecule has 1 unspecified atom stereocenters. The van der Waals surface area contributed by atoms with E-state index >= 15 is 0 Å². The number of hydrogen-bond donors (Lipinski definition) is 3. The summed E-state index contributed by atoms with van der Waals surface area (Å²) >= 11 is 0. The quantitative estimate of drug-likeness (QED) is 0.484. The standard InChI is InChI=1S/C21H34N2O3/c1-16(13-14-19-11-9-15-22-17(19)2)10-7-5-4-6-8-12-20(21(25)26)23-18(3)24/h13-14,20,22H,2,4-12,15H2,1,3H3,(H,23,24)(H,25,26)/b16-13+,19-14-. The number of amides is 1. The van der Waals surface area contributed by atoms with Gasteiger partial charge >= 0.3 is 5.97 Å². The first kappa shape index (κ1) is 22.0. The van der Waals surface area contributed by atoms with Crippen LogP contribution in [0.1, 0.15) is 71.6 Å². The molecule has 1 aliphatic rings. The van der Waals surface area contributed by atoms with Crippen LogP contribution in [0.4, 0.5) is 0 Å². The summed E-state index contributed by atoms with van der Waals surface area (Å²) in [6, 6.07) is -0.755. The molecule has 1 rings (SSSR count). The second-order valence-electron chi connectivity index (χ2n) is 7.11. The number of nitrogens with one attached hydrogen (secondary N) is 2. The summed E-state index contributed by atoms with van der Waals surface area (Å²) in [5.74, 6) is -1.24. The Labute approximate surface area is 157 Å². The molecule has 1 aliphatic heterocycles. The molecule has 0 aromatic heterocycles. The summed E-state index contributed by atoms with van der Waals surface area (Å²) in [6.07, 6.45) is 13.5. The van der Waals surface area contributed by atoms with Crippen LogP contribution in [-0.4, -0.2) is 29.6 Å². The van der Waals surface area contributed by atoms with Crippen molar-refractivity contribution in [2.75, 3.05) is 6.54 Å². The van der Waals surface area contributed by atoms with Crippen LogP contribution in [0, 0.1) is 0 Å². The molecule has 0 saturated carbocycles. The molecule has 0 spiro atoms. The Morgan fingerprint density at radius 2 is 1.92 bits per heavy atom. The van der Waals surface area contributed by atoms with E-state index in [1.807, 2.05) is 0 Å². The summed E-state index contributed by atoms with van der Waals surface area (Å²) in [4.78, 5) is 22.0. The molecule has 1 saturated heterocycles. The topological polar surface area (TPSA) is 78.4 Å². The van der Waals surface area contributed by atoms with Crippen LogP contribution in [0.3, 0.4) is 0 Å². The van der Waals surface area contributed by atoms with Gasteiger partial charge in [-0.05, 0) is 44.6 Å². The molecular weight excluding hydrogens is 328 g/mol. The highest BCUT2D eigenvalue weighted by Gasteiger charge is 2.17. The number of unbranched alkanes of at least 4 members (excludes halogenated alkanes) is 4. The lowest BCUT2D eigenvalue weighted by atomic mass is 10.0. The lowest BCUT2D eigenvalue weighted by Gasteiger charge is -2.18. The van der Waals surface area contributed by atoms with Crippen LogP contribution in [0.2, 0.25) is 0 Å². The molecule has 1 amide bonds. The van der Waals surface area contributed by atoms with Gasteiger partial charge in [-0.15, -0.1) is 0 Å². The van der Waals surface area contributed by atoms with E-state index in [2.05, 4.69) is 36.3 Å². The Bertz CT molecular complexity index is 549. The first-order valence-corrected chi connectivity index (χ1v) is 9.69. The van der Waals surface area contributed by atoms with Crippen LogP contribution in [0.5, 0.6) is 0 Å². The van der Waals surface area contributed by atoms with Crippen molar-refractivity contribution in [1.29, 1.82) is 0 Å². The number of carboxylic acid groups (broad SMARTS) is 1. The number of piperidine rings is 1. The molecule has 1 fully saturated rings. The molecular formula is C21H34N2O3. The Kier molecular flexibility index (Phi) is 10.4. The summed E-state index contributed by atoms with van der Waals surface area (Å²) in [5.41, 5.74) is 3.74. The van der Waals surface area contributed by atoms with Gasteiger partial charge in [0.25, 0.3) is 0 Å².